The van der Waals surface area contributed by atoms with Gasteiger partial charge in [-0.25, -0.2) is 9.67 Å². The third-order valence-corrected chi connectivity index (χ3v) is 5.27. The van der Waals surface area contributed by atoms with Gasteiger partial charge in [-0.05, 0) is 44.0 Å². The Kier molecular flexibility index (Phi) is 20.0. The first-order chi connectivity index (χ1) is 19.9. The van der Waals surface area contributed by atoms with E-state index in [1.54, 1.807) is 18.9 Å². The molecule has 230 valence electrons. The lowest BCUT2D eigenvalue weighted by atomic mass is 10.1. The smallest absolute Gasteiger partial charge is 0.240 e. The molecular formula is C32H54N6O3. The average molecular weight is 571 g/mol. The van der Waals surface area contributed by atoms with Gasteiger partial charge in [0.2, 0.25) is 11.8 Å². The highest BCUT2D eigenvalue weighted by Crippen LogP contribution is 2.29. The number of nitrogens with one attached hydrogen (secondary N) is 1. The van der Waals surface area contributed by atoms with Crippen molar-refractivity contribution in [1.82, 2.24) is 25.1 Å². The Hall–Kier alpha value is -3.75. The van der Waals surface area contributed by atoms with Gasteiger partial charge >= 0.3 is 0 Å². The van der Waals surface area contributed by atoms with E-state index >= 15 is 0 Å². The number of nitrogens with two attached hydrogens (primary N) is 1. The van der Waals surface area contributed by atoms with Crippen LogP contribution >= 0.6 is 0 Å². The zero-order chi connectivity index (χ0) is 31.2. The van der Waals surface area contributed by atoms with Crippen molar-refractivity contribution in [3.8, 4) is 23.1 Å². The maximum atomic E-state index is 5.99. The van der Waals surface area contributed by atoms with Crippen molar-refractivity contribution in [2.24, 2.45) is 0 Å². The molecule has 0 atom stereocenters. The van der Waals surface area contributed by atoms with E-state index in [2.05, 4.69) is 41.2 Å². The zero-order valence-corrected chi connectivity index (χ0v) is 27.3. The maximum absolute atomic E-state index is 5.99. The molecular weight excluding hydrogens is 516 g/mol. The molecule has 0 aliphatic heterocycles. The van der Waals surface area contributed by atoms with Gasteiger partial charge in [-0.1, -0.05) is 73.5 Å². The predicted octanol–water partition coefficient (Wildman–Crippen LogP) is 7.30. The van der Waals surface area contributed by atoms with Crippen LogP contribution in [0.3, 0.4) is 0 Å². The predicted molar refractivity (Wildman–Crippen MR) is 171 cm³/mol. The van der Waals surface area contributed by atoms with Crippen LogP contribution in [0.25, 0.3) is 5.69 Å². The quantitative estimate of drug-likeness (QED) is 0.218. The number of aromatic nitrogens is 4. The molecule has 1 aromatic carbocycles. The highest BCUT2D eigenvalue weighted by Gasteiger charge is 2.15. The Labute approximate surface area is 248 Å². The Morgan fingerprint density at radius 2 is 1.63 bits per heavy atom. The second kappa shape index (κ2) is 22.0. The van der Waals surface area contributed by atoms with Crippen LogP contribution in [0.1, 0.15) is 91.7 Å². The first-order valence-electron chi connectivity index (χ1n) is 14.8. The molecule has 0 saturated carbocycles. The Morgan fingerprint density at radius 1 is 0.976 bits per heavy atom. The summed E-state index contributed by atoms with van der Waals surface area (Å²) in [5.41, 5.74) is 9.57. The molecule has 0 unspecified atom stereocenters. The van der Waals surface area contributed by atoms with Gasteiger partial charge in [0.15, 0.2) is 11.5 Å². The normalized spacial score (nSPS) is 10.2. The average Bonchev–Trinajstić information content (AvgIpc) is 3.36. The molecule has 2 heterocycles. The van der Waals surface area contributed by atoms with Crippen molar-refractivity contribution in [3.63, 3.8) is 0 Å². The summed E-state index contributed by atoms with van der Waals surface area (Å²) in [5.74, 6) is 2.73. The Balaban J connectivity index is 0.00000210. The highest BCUT2D eigenvalue weighted by atomic mass is 16.5. The van der Waals surface area contributed by atoms with Crippen molar-refractivity contribution < 1.29 is 14.2 Å². The Morgan fingerprint density at radius 3 is 2.22 bits per heavy atom. The molecule has 9 nitrogen and oxygen atoms in total. The fourth-order valence-corrected chi connectivity index (χ4v) is 3.49. The number of unbranched alkanes of at least 4 members (excludes halogenated alkanes) is 1. The second-order valence-electron chi connectivity index (χ2n) is 8.56. The van der Waals surface area contributed by atoms with E-state index in [1.807, 2.05) is 78.0 Å². The SMILES string of the molecule is C/C=C(/COc1cc(-n2nc(N)nc2Cc2ccc(OC)c(OC)c2)cc(C)n1)NCCCC.CC.CC.CCC. The minimum Gasteiger partial charge on any atom is -0.493 e. The summed E-state index contributed by atoms with van der Waals surface area (Å²) in [4.78, 5) is 8.97. The van der Waals surface area contributed by atoms with Crippen molar-refractivity contribution in [2.45, 2.75) is 88.0 Å². The summed E-state index contributed by atoms with van der Waals surface area (Å²) in [6.45, 7) is 19.7. The van der Waals surface area contributed by atoms with Crippen molar-refractivity contribution >= 4 is 5.95 Å². The molecule has 0 spiro atoms. The van der Waals surface area contributed by atoms with E-state index in [9.17, 15) is 0 Å². The number of pyridine rings is 1. The lowest BCUT2D eigenvalue weighted by molar-refractivity contribution is 0.328. The van der Waals surface area contributed by atoms with Gasteiger partial charge in [0.05, 0.1) is 19.9 Å². The molecule has 0 amide bonds. The van der Waals surface area contributed by atoms with E-state index in [0.717, 1.165) is 42.0 Å². The number of nitrogen functional groups attached to an aromatic ring is 1. The number of hydrogen-bond donors (Lipinski definition) is 2. The molecule has 3 rings (SSSR count). The van der Waals surface area contributed by atoms with Crippen LogP contribution in [0.2, 0.25) is 0 Å². The molecule has 0 aliphatic rings. The van der Waals surface area contributed by atoms with Crippen molar-refractivity contribution in [3.05, 3.63) is 59.2 Å². The number of allylic oxidation sites excluding steroid dienone is 1. The van der Waals surface area contributed by atoms with E-state index < -0.39 is 0 Å². The van der Waals surface area contributed by atoms with Crippen molar-refractivity contribution in [2.75, 3.05) is 33.1 Å². The largest absolute Gasteiger partial charge is 0.493 e. The number of aryl methyl sites for hydroxylation is 1. The third kappa shape index (κ3) is 13.0. The van der Waals surface area contributed by atoms with Gasteiger partial charge in [0.1, 0.15) is 12.4 Å². The molecule has 41 heavy (non-hydrogen) atoms. The van der Waals surface area contributed by atoms with Gasteiger partial charge < -0.3 is 25.3 Å². The number of ether oxygens (including phenoxy) is 3. The molecule has 0 radical (unpaired) electrons. The number of hydrogen-bond acceptors (Lipinski definition) is 8. The minimum absolute atomic E-state index is 0.198. The van der Waals surface area contributed by atoms with E-state index in [1.165, 1.54) is 6.42 Å². The van der Waals surface area contributed by atoms with Gasteiger partial charge in [0, 0.05) is 30.4 Å². The van der Waals surface area contributed by atoms with E-state index in [4.69, 9.17) is 19.9 Å². The highest BCUT2D eigenvalue weighted by molar-refractivity contribution is 5.44. The summed E-state index contributed by atoms with van der Waals surface area (Å²) in [5, 5.41) is 7.82. The molecule has 0 bridgehead atoms. The number of nitrogens with zero attached hydrogens (tertiary/aromatic N) is 4. The van der Waals surface area contributed by atoms with Gasteiger partial charge in [-0.3, -0.25) is 0 Å². The summed E-state index contributed by atoms with van der Waals surface area (Å²) in [6, 6.07) is 9.53. The lowest BCUT2D eigenvalue weighted by Crippen LogP contribution is -2.20. The molecule has 0 fully saturated rings. The van der Waals surface area contributed by atoms with E-state index in [-0.39, 0.29) is 5.95 Å². The molecule has 3 N–H and O–H groups in total. The minimum atomic E-state index is 0.198. The number of methoxy groups -OCH3 is 2. The third-order valence-electron chi connectivity index (χ3n) is 5.27. The summed E-state index contributed by atoms with van der Waals surface area (Å²) >= 11 is 0. The first kappa shape index (κ1) is 37.2. The first-order valence-corrected chi connectivity index (χ1v) is 14.8. The summed E-state index contributed by atoms with van der Waals surface area (Å²) < 4.78 is 18.5. The molecule has 2 aromatic heterocycles. The van der Waals surface area contributed by atoms with Crippen molar-refractivity contribution in [1.29, 1.82) is 0 Å². The monoisotopic (exact) mass is 570 g/mol. The topological polar surface area (TPSA) is 109 Å². The number of anilines is 1. The van der Waals surface area contributed by atoms with Crippen LogP contribution in [-0.4, -0.2) is 47.1 Å². The molecule has 0 aliphatic carbocycles. The van der Waals surface area contributed by atoms with Crippen LogP contribution in [0, 0.1) is 6.92 Å². The fourth-order valence-electron chi connectivity index (χ4n) is 3.49. The van der Waals surface area contributed by atoms with E-state index in [0.29, 0.717) is 36.2 Å². The lowest BCUT2D eigenvalue weighted by Gasteiger charge is -2.13. The van der Waals surface area contributed by atoms with Gasteiger partial charge in [-0.2, -0.15) is 4.98 Å². The standard InChI is InChI=1S/C25H34N6O3.C3H8.2C2H6/c1-6-8-11-27-19(7-2)16-34-24-15-20(12-17(3)28-24)31-23(29-25(26)30-31)14-18-9-10-21(32-4)22(13-18)33-5;1-3-2;2*1-2/h7,9-10,12-13,15,27H,6,8,11,14,16H2,1-5H3,(H2,26,30);3H2,1-2H3;2*1-2H3/b19-7-;;;. The fraction of sp³-hybridized carbons (Fsp3) is 0.531. The van der Waals surface area contributed by atoms with Crippen LogP contribution in [0.4, 0.5) is 5.95 Å². The van der Waals surface area contributed by atoms with Crippen LogP contribution in [0.15, 0.2) is 42.1 Å². The summed E-state index contributed by atoms with van der Waals surface area (Å²) in [7, 11) is 3.22. The van der Waals surface area contributed by atoms with Gasteiger partial charge in [-0.15, -0.1) is 5.10 Å². The van der Waals surface area contributed by atoms with Crippen LogP contribution < -0.4 is 25.3 Å². The molecule has 0 saturated heterocycles. The van der Waals surface area contributed by atoms with Crippen LogP contribution in [0.5, 0.6) is 17.4 Å². The number of rotatable bonds is 12. The molecule has 9 heteroatoms. The van der Waals surface area contributed by atoms with Gasteiger partial charge in [0.25, 0.3) is 0 Å². The summed E-state index contributed by atoms with van der Waals surface area (Å²) in [6.07, 6.45) is 6.03. The Bertz CT molecular complexity index is 1140. The number of benzene rings is 1. The second-order valence-corrected chi connectivity index (χ2v) is 8.56. The van der Waals surface area contributed by atoms with Crippen LogP contribution in [-0.2, 0) is 6.42 Å². The zero-order valence-electron chi connectivity index (χ0n) is 27.3. The molecule has 3 aromatic rings. The maximum Gasteiger partial charge on any atom is 0.240 e.